The Bertz CT molecular complexity index is 350. The quantitative estimate of drug-likeness (QED) is 0.611. The Labute approximate surface area is 96.8 Å². The van der Waals surface area contributed by atoms with Gasteiger partial charge in [-0.1, -0.05) is 56.0 Å². The molecule has 86 valence electrons. The van der Waals surface area contributed by atoms with Crippen LogP contribution in [0.25, 0.3) is 0 Å². The molecule has 16 heavy (non-hydrogen) atoms. The van der Waals surface area contributed by atoms with Crippen molar-refractivity contribution in [3.05, 3.63) is 35.9 Å². The van der Waals surface area contributed by atoms with Crippen LogP contribution in [0, 0.1) is 0 Å². The number of hydrogen-bond acceptors (Lipinski definition) is 2. The summed E-state index contributed by atoms with van der Waals surface area (Å²) < 4.78 is 0. The molecule has 1 aliphatic carbocycles. The summed E-state index contributed by atoms with van der Waals surface area (Å²) in [5.74, 6) is 0.120. The lowest BCUT2D eigenvalue weighted by molar-refractivity contribution is 0.0872. The number of ketones is 1. The first-order valence-corrected chi connectivity index (χ1v) is 6.11. The van der Waals surface area contributed by atoms with Crippen molar-refractivity contribution in [3.8, 4) is 0 Å². The standard InChI is InChI=1S/C14H19NO/c15-14(10-6-1-2-7-11-14)13(16)12-8-4-3-5-9-12/h3-5,8-9H,1-2,6-7,10-11,15H2. The molecule has 2 nitrogen and oxygen atoms in total. The first kappa shape index (κ1) is 11.3. The molecule has 1 aromatic rings. The fourth-order valence-corrected chi connectivity index (χ4v) is 2.46. The summed E-state index contributed by atoms with van der Waals surface area (Å²) in [5, 5.41) is 0. The molecule has 0 aromatic heterocycles. The summed E-state index contributed by atoms with van der Waals surface area (Å²) in [5.41, 5.74) is 6.43. The van der Waals surface area contributed by atoms with Crippen LogP contribution in [0.1, 0.15) is 48.9 Å². The fourth-order valence-electron chi connectivity index (χ4n) is 2.46. The van der Waals surface area contributed by atoms with Gasteiger partial charge in [-0.05, 0) is 12.8 Å². The molecule has 0 spiro atoms. The maximum atomic E-state index is 12.3. The molecule has 2 rings (SSSR count). The third-order valence-electron chi connectivity index (χ3n) is 3.48. The highest BCUT2D eigenvalue weighted by Gasteiger charge is 2.34. The van der Waals surface area contributed by atoms with Crippen LogP contribution in [0.2, 0.25) is 0 Å². The predicted octanol–water partition coefficient (Wildman–Crippen LogP) is 2.92. The average molecular weight is 217 g/mol. The molecular formula is C14H19NO. The van der Waals surface area contributed by atoms with Crippen LogP contribution in [-0.2, 0) is 0 Å². The Kier molecular flexibility index (Phi) is 3.39. The molecule has 1 saturated carbocycles. The van der Waals surface area contributed by atoms with Crippen LogP contribution >= 0.6 is 0 Å². The van der Waals surface area contributed by atoms with Gasteiger partial charge < -0.3 is 5.73 Å². The first-order chi connectivity index (χ1) is 7.72. The first-order valence-electron chi connectivity index (χ1n) is 6.11. The lowest BCUT2D eigenvalue weighted by atomic mass is 9.83. The number of carbonyl (C=O) groups excluding carboxylic acids is 1. The zero-order chi connectivity index (χ0) is 11.4. The number of carbonyl (C=O) groups is 1. The highest BCUT2D eigenvalue weighted by molar-refractivity contribution is 6.03. The third kappa shape index (κ3) is 2.33. The Hall–Kier alpha value is -1.15. The van der Waals surface area contributed by atoms with Crippen LogP contribution in [0.5, 0.6) is 0 Å². The maximum Gasteiger partial charge on any atom is 0.182 e. The third-order valence-corrected chi connectivity index (χ3v) is 3.48. The lowest BCUT2D eigenvalue weighted by Crippen LogP contribution is -2.47. The number of benzene rings is 1. The Morgan fingerprint density at radius 2 is 1.56 bits per heavy atom. The molecule has 1 aliphatic rings. The Morgan fingerprint density at radius 3 is 2.12 bits per heavy atom. The summed E-state index contributed by atoms with van der Waals surface area (Å²) in [6.07, 6.45) is 6.24. The van der Waals surface area contributed by atoms with Crippen molar-refractivity contribution in [2.75, 3.05) is 0 Å². The van der Waals surface area contributed by atoms with Crippen molar-refractivity contribution in [3.63, 3.8) is 0 Å². The molecule has 0 amide bonds. The van der Waals surface area contributed by atoms with Gasteiger partial charge >= 0.3 is 0 Å². The minimum atomic E-state index is -0.613. The highest BCUT2D eigenvalue weighted by atomic mass is 16.1. The molecule has 2 heteroatoms. The van der Waals surface area contributed by atoms with E-state index in [-0.39, 0.29) is 5.78 Å². The van der Waals surface area contributed by atoms with E-state index in [1.54, 1.807) is 0 Å². The van der Waals surface area contributed by atoms with E-state index >= 15 is 0 Å². The van der Waals surface area contributed by atoms with Crippen molar-refractivity contribution in [2.24, 2.45) is 5.73 Å². The largest absolute Gasteiger partial charge is 0.319 e. The van der Waals surface area contributed by atoms with Crippen LogP contribution in [0.3, 0.4) is 0 Å². The summed E-state index contributed by atoms with van der Waals surface area (Å²) in [6.45, 7) is 0. The zero-order valence-corrected chi connectivity index (χ0v) is 9.61. The van der Waals surface area contributed by atoms with Crippen molar-refractivity contribution < 1.29 is 4.79 Å². The van der Waals surface area contributed by atoms with Crippen LogP contribution in [0.4, 0.5) is 0 Å². The molecule has 0 radical (unpaired) electrons. The summed E-state index contributed by atoms with van der Waals surface area (Å²) in [7, 11) is 0. The van der Waals surface area contributed by atoms with E-state index in [0.29, 0.717) is 0 Å². The highest BCUT2D eigenvalue weighted by Crippen LogP contribution is 2.28. The smallest absolute Gasteiger partial charge is 0.182 e. The molecule has 0 bridgehead atoms. The molecule has 1 fully saturated rings. The van der Waals surface area contributed by atoms with Crippen LogP contribution < -0.4 is 5.73 Å². The second-order valence-corrected chi connectivity index (χ2v) is 4.77. The number of nitrogens with two attached hydrogens (primary N) is 1. The average Bonchev–Trinajstić information content (AvgIpc) is 2.55. The van der Waals surface area contributed by atoms with Gasteiger partial charge in [-0.15, -0.1) is 0 Å². The molecule has 0 atom stereocenters. The van der Waals surface area contributed by atoms with Crippen molar-refractivity contribution >= 4 is 5.78 Å². The van der Waals surface area contributed by atoms with E-state index in [4.69, 9.17) is 5.73 Å². The molecule has 0 heterocycles. The summed E-state index contributed by atoms with van der Waals surface area (Å²) >= 11 is 0. The second-order valence-electron chi connectivity index (χ2n) is 4.77. The zero-order valence-electron chi connectivity index (χ0n) is 9.61. The van der Waals surface area contributed by atoms with E-state index in [2.05, 4.69) is 0 Å². The van der Waals surface area contributed by atoms with E-state index in [1.165, 1.54) is 12.8 Å². The monoisotopic (exact) mass is 217 g/mol. The Morgan fingerprint density at radius 1 is 1.00 bits per heavy atom. The molecule has 0 unspecified atom stereocenters. The second kappa shape index (κ2) is 4.79. The minimum absolute atomic E-state index is 0.120. The number of hydrogen-bond donors (Lipinski definition) is 1. The van der Waals surface area contributed by atoms with E-state index < -0.39 is 5.54 Å². The Balaban J connectivity index is 2.19. The topological polar surface area (TPSA) is 43.1 Å². The number of rotatable bonds is 2. The van der Waals surface area contributed by atoms with Crippen molar-refractivity contribution in [1.29, 1.82) is 0 Å². The van der Waals surface area contributed by atoms with Crippen LogP contribution in [0.15, 0.2) is 30.3 Å². The summed E-state index contributed by atoms with van der Waals surface area (Å²) in [4.78, 5) is 12.3. The van der Waals surface area contributed by atoms with E-state index in [0.717, 1.165) is 31.2 Å². The van der Waals surface area contributed by atoms with Gasteiger partial charge in [-0.25, -0.2) is 0 Å². The summed E-state index contributed by atoms with van der Waals surface area (Å²) in [6, 6.07) is 9.44. The van der Waals surface area contributed by atoms with Gasteiger partial charge in [-0.3, -0.25) is 4.79 Å². The molecule has 0 saturated heterocycles. The SMILES string of the molecule is NC1(C(=O)c2ccccc2)CCCCCC1. The fraction of sp³-hybridized carbons (Fsp3) is 0.500. The van der Waals surface area contributed by atoms with E-state index in [1.807, 2.05) is 30.3 Å². The van der Waals surface area contributed by atoms with Gasteiger partial charge in [0, 0.05) is 5.56 Å². The van der Waals surface area contributed by atoms with Gasteiger partial charge in [0.2, 0.25) is 0 Å². The van der Waals surface area contributed by atoms with E-state index in [9.17, 15) is 4.79 Å². The van der Waals surface area contributed by atoms with Gasteiger partial charge in [0.05, 0.1) is 5.54 Å². The van der Waals surface area contributed by atoms with Crippen molar-refractivity contribution in [2.45, 2.75) is 44.1 Å². The molecule has 2 N–H and O–H groups in total. The molecule has 0 aliphatic heterocycles. The maximum absolute atomic E-state index is 12.3. The molecule has 1 aromatic carbocycles. The van der Waals surface area contributed by atoms with Gasteiger partial charge in [0.15, 0.2) is 5.78 Å². The normalized spacial score (nSPS) is 20.1. The number of Topliss-reactive ketones (excluding diaryl/α,β-unsaturated/α-hetero) is 1. The minimum Gasteiger partial charge on any atom is -0.319 e. The lowest BCUT2D eigenvalue weighted by Gasteiger charge is -2.26. The van der Waals surface area contributed by atoms with Gasteiger partial charge in [-0.2, -0.15) is 0 Å². The van der Waals surface area contributed by atoms with Gasteiger partial charge in [0.1, 0.15) is 0 Å². The van der Waals surface area contributed by atoms with Crippen molar-refractivity contribution in [1.82, 2.24) is 0 Å². The predicted molar refractivity (Wildman–Crippen MR) is 65.4 cm³/mol. The van der Waals surface area contributed by atoms with Gasteiger partial charge in [0.25, 0.3) is 0 Å². The van der Waals surface area contributed by atoms with Crippen LogP contribution in [-0.4, -0.2) is 11.3 Å². The molecular weight excluding hydrogens is 198 g/mol.